The first-order valence-electron chi connectivity index (χ1n) is 9.83. The quantitative estimate of drug-likeness (QED) is 0.408. The molecular formula is C24H22ClN3O3. The Balaban J connectivity index is 1.35. The molecule has 0 radical (unpaired) electrons. The fraction of sp³-hybridized carbons (Fsp3) is 0.167. The van der Waals surface area contributed by atoms with Gasteiger partial charge in [-0.3, -0.25) is 9.48 Å². The maximum Gasteiger partial charge on any atom is 0.291 e. The van der Waals surface area contributed by atoms with Crippen molar-refractivity contribution in [2.24, 2.45) is 0 Å². The van der Waals surface area contributed by atoms with Gasteiger partial charge in [0.25, 0.3) is 5.91 Å². The summed E-state index contributed by atoms with van der Waals surface area (Å²) in [6, 6.07) is 17.0. The molecule has 7 heteroatoms. The normalized spacial score (nSPS) is 10.8. The number of anilines is 1. The van der Waals surface area contributed by atoms with E-state index in [2.05, 4.69) is 10.4 Å². The Bertz CT molecular complexity index is 1210. The lowest BCUT2D eigenvalue weighted by Crippen LogP contribution is -2.10. The third-order valence-electron chi connectivity index (χ3n) is 4.72. The highest BCUT2D eigenvalue weighted by atomic mass is 35.5. The standard InChI is InChI=1S/C24H22ClN3O3/c1-16-6-7-17(2)23(10-16)30-15-21-8-9-22(31-21)24(29)27-20-12-26-28(14-20)13-18-4-3-5-19(25)11-18/h3-12,14H,13,15H2,1-2H3,(H,27,29). The van der Waals surface area contributed by atoms with Crippen LogP contribution < -0.4 is 10.1 Å². The highest BCUT2D eigenvalue weighted by molar-refractivity contribution is 6.30. The maximum atomic E-state index is 12.5. The number of nitrogens with one attached hydrogen (secondary N) is 1. The molecule has 2 aromatic carbocycles. The molecule has 0 saturated carbocycles. The number of ether oxygens (including phenoxy) is 1. The summed E-state index contributed by atoms with van der Waals surface area (Å²) in [5, 5.41) is 7.75. The van der Waals surface area contributed by atoms with E-state index in [-0.39, 0.29) is 18.3 Å². The zero-order chi connectivity index (χ0) is 21.8. The van der Waals surface area contributed by atoms with Gasteiger partial charge >= 0.3 is 0 Å². The number of aryl methyl sites for hydroxylation is 2. The highest BCUT2D eigenvalue weighted by Crippen LogP contribution is 2.21. The van der Waals surface area contributed by atoms with Crippen molar-refractivity contribution in [1.82, 2.24) is 9.78 Å². The SMILES string of the molecule is Cc1ccc(C)c(OCc2ccc(C(=O)Nc3cnn(Cc4cccc(Cl)c4)c3)o2)c1. The molecule has 0 unspecified atom stereocenters. The summed E-state index contributed by atoms with van der Waals surface area (Å²) < 4.78 is 13.2. The van der Waals surface area contributed by atoms with E-state index >= 15 is 0 Å². The van der Waals surface area contributed by atoms with Gasteiger partial charge in [-0.05, 0) is 60.9 Å². The predicted octanol–water partition coefficient (Wildman–Crippen LogP) is 5.63. The van der Waals surface area contributed by atoms with Gasteiger partial charge < -0.3 is 14.5 Å². The summed E-state index contributed by atoms with van der Waals surface area (Å²) in [4.78, 5) is 12.5. The fourth-order valence-electron chi connectivity index (χ4n) is 3.12. The molecule has 1 N–H and O–H groups in total. The van der Waals surface area contributed by atoms with Crippen molar-refractivity contribution in [1.29, 1.82) is 0 Å². The number of halogens is 1. The molecule has 4 rings (SSSR count). The average Bonchev–Trinajstić information content (AvgIpc) is 3.38. The molecule has 0 spiro atoms. The molecule has 0 saturated heterocycles. The van der Waals surface area contributed by atoms with Gasteiger partial charge in [-0.15, -0.1) is 0 Å². The number of benzene rings is 2. The van der Waals surface area contributed by atoms with Crippen molar-refractivity contribution in [3.05, 3.63) is 100 Å². The molecule has 0 aliphatic rings. The number of furan rings is 1. The molecule has 158 valence electrons. The summed E-state index contributed by atoms with van der Waals surface area (Å²) in [5.74, 6) is 1.24. The van der Waals surface area contributed by atoms with Crippen molar-refractivity contribution in [2.75, 3.05) is 5.32 Å². The predicted molar refractivity (Wildman–Crippen MR) is 120 cm³/mol. The number of nitrogens with zero attached hydrogens (tertiary/aromatic N) is 2. The van der Waals surface area contributed by atoms with Gasteiger partial charge in [-0.25, -0.2) is 0 Å². The fourth-order valence-corrected chi connectivity index (χ4v) is 3.33. The van der Waals surface area contributed by atoms with Crippen LogP contribution in [-0.2, 0) is 13.2 Å². The second kappa shape index (κ2) is 9.10. The lowest BCUT2D eigenvalue weighted by Gasteiger charge is -2.08. The highest BCUT2D eigenvalue weighted by Gasteiger charge is 2.13. The summed E-state index contributed by atoms with van der Waals surface area (Å²) >= 11 is 6.02. The molecule has 2 aromatic heterocycles. The smallest absolute Gasteiger partial charge is 0.291 e. The van der Waals surface area contributed by atoms with Gasteiger partial charge in [0.1, 0.15) is 18.1 Å². The molecule has 0 aliphatic heterocycles. The van der Waals surface area contributed by atoms with Crippen LogP contribution in [0.2, 0.25) is 5.02 Å². The number of rotatable bonds is 7. The minimum atomic E-state index is -0.347. The van der Waals surface area contributed by atoms with Crippen LogP contribution in [0.5, 0.6) is 5.75 Å². The molecule has 6 nitrogen and oxygen atoms in total. The molecule has 0 atom stereocenters. The summed E-state index contributed by atoms with van der Waals surface area (Å²) in [7, 11) is 0. The van der Waals surface area contributed by atoms with E-state index in [1.54, 1.807) is 29.2 Å². The molecule has 0 aliphatic carbocycles. The van der Waals surface area contributed by atoms with Gasteiger partial charge in [-0.2, -0.15) is 5.10 Å². The van der Waals surface area contributed by atoms with Crippen LogP contribution in [0.25, 0.3) is 0 Å². The van der Waals surface area contributed by atoms with Crippen LogP contribution in [0.4, 0.5) is 5.69 Å². The largest absolute Gasteiger partial charge is 0.485 e. The van der Waals surface area contributed by atoms with Crippen molar-refractivity contribution in [2.45, 2.75) is 27.0 Å². The van der Waals surface area contributed by atoms with Crippen LogP contribution >= 0.6 is 11.6 Å². The third kappa shape index (κ3) is 5.35. The van der Waals surface area contributed by atoms with E-state index in [1.807, 2.05) is 56.3 Å². The van der Waals surface area contributed by atoms with Crippen LogP contribution in [-0.4, -0.2) is 15.7 Å². The maximum absolute atomic E-state index is 12.5. The summed E-state index contributed by atoms with van der Waals surface area (Å²) in [6.07, 6.45) is 3.35. The Hall–Kier alpha value is -3.51. The number of carbonyl (C=O) groups excluding carboxylic acids is 1. The van der Waals surface area contributed by atoms with Crippen molar-refractivity contribution < 1.29 is 13.9 Å². The van der Waals surface area contributed by atoms with Crippen molar-refractivity contribution in [3.8, 4) is 5.75 Å². The van der Waals surface area contributed by atoms with Crippen LogP contribution in [0, 0.1) is 13.8 Å². The van der Waals surface area contributed by atoms with Gasteiger partial charge in [0.2, 0.25) is 0 Å². The van der Waals surface area contributed by atoms with Crippen molar-refractivity contribution in [3.63, 3.8) is 0 Å². The number of carbonyl (C=O) groups is 1. The second-order valence-electron chi connectivity index (χ2n) is 7.33. The first-order valence-corrected chi connectivity index (χ1v) is 10.2. The Labute approximate surface area is 185 Å². The van der Waals surface area contributed by atoms with Crippen LogP contribution in [0.3, 0.4) is 0 Å². The van der Waals surface area contributed by atoms with E-state index in [0.29, 0.717) is 23.0 Å². The number of hydrogen-bond acceptors (Lipinski definition) is 4. The van der Waals surface area contributed by atoms with E-state index in [9.17, 15) is 4.79 Å². The Kier molecular flexibility index (Phi) is 6.09. The molecule has 0 bridgehead atoms. The van der Waals surface area contributed by atoms with Gasteiger partial charge in [0.05, 0.1) is 18.4 Å². The monoisotopic (exact) mass is 435 g/mol. The number of hydrogen-bond donors (Lipinski definition) is 1. The number of amides is 1. The van der Waals surface area contributed by atoms with E-state index in [4.69, 9.17) is 20.8 Å². The Morgan fingerprint density at radius 2 is 2.03 bits per heavy atom. The molecular weight excluding hydrogens is 414 g/mol. The lowest BCUT2D eigenvalue weighted by molar-refractivity contribution is 0.0992. The molecule has 4 aromatic rings. The zero-order valence-corrected chi connectivity index (χ0v) is 18.0. The van der Waals surface area contributed by atoms with E-state index in [0.717, 1.165) is 22.4 Å². The summed E-state index contributed by atoms with van der Waals surface area (Å²) in [5.41, 5.74) is 3.77. The third-order valence-corrected chi connectivity index (χ3v) is 4.96. The van der Waals surface area contributed by atoms with E-state index in [1.165, 1.54) is 0 Å². The van der Waals surface area contributed by atoms with Crippen LogP contribution in [0.1, 0.15) is 33.0 Å². The first kappa shape index (κ1) is 20.8. The van der Waals surface area contributed by atoms with Gasteiger partial charge in [0.15, 0.2) is 5.76 Å². The minimum Gasteiger partial charge on any atom is -0.485 e. The molecule has 31 heavy (non-hydrogen) atoms. The molecule has 0 fully saturated rings. The topological polar surface area (TPSA) is 69.3 Å². The lowest BCUT2D eigenvalue weighted by atomic mass is 10.1. The second-order valence-corrected chi connectivity index (χ2v) is 7.77. The van der Waals surface area contributed by atoms with Crippen LogP contribution in [0.15, 0.2) is 71.4 Å². The van der Waals surface area contributed by atoms with E-state index < -0.39 is 0 Å². The molecule has 2 heterocycles. The first-order chi connectivity index (χ1) is 15.0. The average molecular weight is 436 g/mol. The van der Waals surface area contributed by atoms with Gasteiger partial charge in [-0.1, -0.05) is 35.9 Å². The van der Waals surface area contributed by atoms with Crippen molar-refractivity contribution >= 4 is 23.2 Å². The minimum absolute atomic E-state index is 0.210. The number of aromatic nitrogens is 2. The summed E-state index contributed by atoms with van der Waals surface area (Å²) in [6.45, 7) is 4.80. The van der Waals surface area contributed by atoms with Gasteiger partial charge in [0, 0.05) is 11.2 Å². The zero-order valence-electron chi connectivity index (χ0n) is 17.3. The molecule has 1 amide bonds. The Morgan fingerprint density at radius 3 is 2.87 bits per heavy atom. The Morgan fingerprint density at radius 1 is 1.16 bits per heavy atom.